The second-order valence-electron chi connectivity index (χ2n) is 9.03. The minimum Gasteiger partial charge on any atom is -0.334 e. The SMILES string of the molecule is [B]c1cc(C)cc(C(C)C(=C)Nc2nnc(CCCCc3ccc(NC(=O)C/C(C)=C/C)nn3)s2)c1. The number of allylic oxidation sites excluding steroid dienone is 2. The first kappa shape index (κ1) is 27.3. The highest BCUT2D eigenvalue weighted by atomic mass is 32.1. The van der Waals surface area contributed by atoms with E-state index in [1.807, 2.05) is 45.0 Å². The lowest BCUT2D eigenvalue weighted by atomic mass is 9.88. The van der Waals surface area contributed by atoms with E-state index in [0.29, 0.717) is 12.2 Å². The Labute approximate surface area is 219 Å². The zero-order chi connectivity index (χ0) is 26.1. The molecule has 3 aromatic rings. The molecular weight excluding hydrogens is 467 g/mol. The van der Waals surface area contributed by atoms with Crippen molar-refractivity contribution in [2.24, 2.45) is 0 Å². The molecule has 0 bridgehead atoms. The van der Waals surface area contributed by atoms with Crippen LogP contribution in [-0.2, 0) is 17.6 Å². The maximum Gasteiger partial charge on any atom is 0.229 e. The van der Waals surface area contributed by atoms with Gasteiger partial charge in [-0.1, -0.05) is 65.7 Å². The molecule has 2 aromatic heterocycles. The molecule has 1 aromatic carbocycles. The van der Waals surface area contributed by atoms with E-state index in [0.717, 1.165) is 69.4 Å². The van der Waals surface area contributed by atoms with Crippen LogP contribution in [0.5, 0.6) is 0 Å². The molecule has 1 amide bonds. The number of anilines is 2. The van der Waals surface area contributed by atoms with Crippen LogP contribution in [0, 0.1) is 6.92 Å². The summed E-state index contributed by atoms with van der Waals surface area (Å²) >= 11 is 1.55. The predicted octanol–water partition coefficient (Wildman–Crippen LogP) is 5.02. The van der Waals surface area contributed by atoms with Crippen molar-refractivity contribution in [2.45, 2.75) is 65.7 Å². The fourth-order valence-electron chi connectivity index (χ4n) is 3.63. The van der Waals surface area contributed by atoms with Crippen LogP contribution in [-0.4, -0.2) is 34.1 Å². The Hall–Kier alpha value is -3.33. The first-order chi connectivity index (χ1) is 17.2. The highest BCUT2D eigenvalue weighted by molar-refractivity contribution is 7.15. The number of aromatic nitrogens is 4. The topological polar surface area (TPSA) is 92.7 Å². The van der Waals surface area contributed by atoms with E-state index in [1.54, 1.807) is 17.4 Å². The standard InChI is InChI=1S/C27H33BN6OS/c1-6-17(2)15-25(35)30-24-12-11-23(31-32-24)9-7-8-10-26-33-34-27(36-26)29-20(5)19(4)21-13-18(3)14-22(28)16-21/h6,11-14,16,19H,5,7-10,15H2,1-4H3,(H,29,34)(H,30,32,35)/b17-6+. The van der Waals surface area contributed by atoms with E-state index in [4.69, 9.17) is 7.85 Å². The summed E-state index contributed by atoms with van der Waals surface area (Å²) in [6.07, 6.45) is 5.88. The normalized spacial score (nSPS) is 12.3. The Morgan fingerprint density at radius 2 is 1.89 bits per heavy atom. The third kappa shape index (κ3) is 8.41. The van der Waals surface area contributed by atoms with Crippen LogP contribution < -0.4 is 16.1 Å². The highest BCUT2D eigenvalue weighted by Crippen LogP contribution is 2.26. The molecule has 0 aliphatic carbocycles. The van der Waals surface area contributed by atoms with Crippen LogP contribution in [0.2, 0.25) is 0 Å². The molecule has 0 aliphatic rings. The van der Waals surface area contributed by atoms with Crippen molar-refractivity contribution in [1.29, 1.82) is 0 Å². The van der Waals surface area contributed by atoms with Crippen LogP contribution in [0.25, 0.3) is 0 Å². The Balaban J connectivity index is 1.41. The van der Waals surface area contributed by atoms with Crippen molar-refractivity contribution in [3.63, 3.8) is 0 Å². The van der Waals surface area contributed by atoms with E-state index in [2.05, 4.69) is 50.6 Å². The van der Waals surface area contributed by atoms with E-state index >= 15 is 0 Å². The first-order valence-electron chi connectivity index (χ1n) is 12.1. The summed E-state index contributed by atoms with van der Waals surface area (Å²) in [6, 6.07) is 9.77. The van der Waals surface area contributed by atoms with Gasteiger partial charge in [0.1, 0.15) is 12.9 Å². The number of rotatable bonds is 12. The van der Waals surface area contributed by atoms with Crippen molar-refractivity contribution in [3.05, 3.63) is 76.1 Å². The summed E-state index contributed by atoms with van der Waals surface area (Å²) in [7, 11) is 6.00. The van der Waals surface area contributed by atoms with Gasteiger partial charge in [0, 0.05) is 24.5 Å². The van der Waals surface area contributed by atoms with Gasteiger partial charge in [-0.2, -0.15) is 5.10 Å². The zero-order valence-electron chi connectivity index (χ0n) is 21.5. The lowest BCUT2D eigenvalue weighted by Gasteiger charge is -2.17. The van der Waals surface area contributed by atoms with E-state index in [9.17, 15) is 4.79 Å². The van der Waals surface area contributed by atoms with Gasteiger partial charge < -0.3 is 10.6 Å². The molecule has 2 heterocycles. The Morgan fingerprint density at radius 3 is 2.58 bits per heavy atom. The van der Waals surface area contributed by atoms with Crippen LogP contribution in [0.1, 0.15) is 67.8 Å². The number of carbonyl (C=O) groups excluding carboxylic acids is 1. The van der Waals surface area contributed by atoms with E-state index < -0.39 is 0 Å². The molecule has 1 unspecified atom stereocenters. The molecule has 3 rings (SSSR count). The molecule has 7 nitrogen and oxygen atoms in total. The fraction of sp³-hybridized carbons (Fsp3) is 0.370. The lowest BCUT2D eigenvalue weighted by molar-refractivity contribution is -0.115. The Morgan fingerprint density at radius 1 is 1.11 bits per heavy atom. The Kier molecular flexibility index (Phi) is 9.93. The maximum atomic E-state index is 12.0. The molecular formula is C27H33BN6OS. The third-order valence-electron chi connectivity index (χ3n) is 5.87. The van der Waals surface area contributed by atoms with E-state index in [1.165, 1.54) is 0 Å². The molecule has 1 atom stereocenters. The minimum atomic E-state index is -0.0866. The number of carbonyl (C=O) groups is 1. The number of hydrogen-bond donors (Lipinski definition) is 2. The van der Waals surface area contributed by atoms with Gasteiger partial charge in [-0.25, -0.2) is 0 Å². The van der Waals surface area contributed by atoms with Gasteiger partial charge >= 0.3 is 0 Å². The van der Waals surface area contributed by atoms with Gasteiger partial charge in [0.2, 0.25) is 11.0 Å². The second kappa shape index (κ2) is 13.1. The summed E-state index contributed by atoms with van der Waals surface area (Å²) in [5.74, 6) is 0.484. The second-order valence-corrected chi connectivity index (χ2v) is 10.1. The number of unbranched alkanes of at least 4 members (excludes halogenated alkanes) is 1. The molecule has 9 heteroatoms. The van der Waals surface area contributed by atoms with Crippen molar-refractivity contribution < 1.29 is 4.79 Å². The Bertz CT molecular complexity index is 1200. The van der Waals surface area contributed by atoms with Crippen molar-refractivity contribution >= 4 is 41.5 Å². The zero-order valence-corrected chi connectivity index (χ0v) is 22.3. The van der Waals surface area contributed by atoms with Gasteiger partial charge in [-0.15, -0.1) is 15.3 Å². The average molecular weight is 500 g/mol. The number of nitrogens with one attached hydrogen (secondary N) is 2. The van der Waals surface area contributed by atoms with Crippen LogP contribution in [0.4, 0.5) is 10.9 Å². The molecule has 2 N–H and O–H groups in total. The minimum absolute atomic E-state index is 0.0866. The number of benzene rings is 1. The largest absolute Gasteiger partial charge is 0.334 e. The van der Waals surface area contributed by atoms with Gasteiger partial charge in [0.25, 0.3) is 0 Å². The number of aryl methyl sites for hydroxylation is 3. The molecule has 36 heavy (non-hydrogen) atoms. The average Bonchev–Trinajstić information content (AvgIpc) is 3.28. The summed E-state index contributed by atoms with van der Waals surface area (Å²) in [5.41, 5.74) is 5.79. The number of amides is 1. The summed E-state index contributed by atoms with van der Waals surface area (Å²) in [4.78, 5) is 12.0. The van der Waals surface area contributed by atoms with Gasteiger partial charge in [-0.3, -0.25) is 4.79 Å². The van der Waals surface area contributed by atoms with Gasteiger partial charge in [0.05, 0.1) is 5.69 Å². The molecule has 0 saturated carbocycles. The fourth-order valence-corrected chi connectivity index (χ4v) is 4.44. The summed E-state index contributed by atoms with van der Waals surface area (Å²) in [5, 5.41) is 24.7. The molecule has 0 fully saturated rings. The number of hydrogen-bond acceptors (Lipinski definition) is 7. The monoisotopic (exact) mass is 500 g/mol. The van der Waals surface area contributed by atoms with E-state index in [-0.39, 0.29) is 11.8 Å². The third-order valence-corrected chi connectivity index (χ3v) is 6.77. The molecule has 2 radical (unpaired) electrons. The van der Waals surface area contributed by atoms with Crippen molar-refractivity contribution in [3.8, 4) is 0 Å². The quantitative estimate of drug-likeness (QED) is 0.206. The van der Waals surface area contributed by atoms with Crippen molar-refractivity contribution in [1.82, 2.24) is 20.4 Å². The first-order valence-corrected chi connectivity index (χ1v) is 12.9. The smallest absolute Gasteiger partial charge is 0.229 e. The molecule has 0 spiro atoms. The maximum absolute atomic E-state index is 12.0. The van der Waals surface area contributed by atoms with Crippen LogP contribution >= 0.6 is 11.3 Å². The summed E-state index contributed by atoms with van der Waals surface area (Å²) in [6.45, 7) is 12.2. The number of nitrogens with zero attached hydrogens (tertiary/aromatic N) is 4. The van der Waals surface area contributed by atoms with Crippen LogP contribution in [0.15, 0.2) is 54.3 Å². The molecule has 0 saturated heterocycles. The predicted molar refractivity (Wildman–Crippen MR) is 149 cm³/mol. The van der Waals surface area contributed by atoms with Gasteiger partial charge in [0.15, 0.2) is 5.82 Å². The van der Waals surface area contributed by atoms with Crippen molar-refractivity contribution in [2.75, 3.05) is 10.6 Å². The molecule has 186 valence electrons. The lowest BCUT2D eigenvalue weighted by Crippen LogP contribution is -2.13. The molecule has 0 aliphatic heterocycles. The summed E-state index contributed by atoms with van der Waals surface area (Å²) < 4.78 is 0. The highest BCUT2D eigenvalue weighted by Gasteiger charge is 2.13. The van der Waals surface area contributed by atoms with Gasteiger partial charge in [-0.05, 0) is 57.7 Å². The van der Waals surface area contributed by atoms with Crippen LogP contribution in [0.3, 0.4) is 0 Å².